The summed E-state index contributed by atoms with van der Waals surface area (Å²) in [4.78, 5) is 13.8. The van der Waals surface area contributed by atoms with Gasteiger partial charge in [-0.15, -0.1) is 0 Å². The maximum absolute atomic E-state index is 13.2. The Hall–Kier alpha value is -1.58. The molecule has 4 heteroatoms. The molecule has 1 aromatic carbocycles. The lowest BCUT2D eigenvalue weighted by Gasteiger charge is -2.21. The van der Waals surface area contributed by atoms with Gasteiger partial charge >= 0.3 is 0 Å². The van der Waals surface area contributed by atoms with Crippen LogP contribution in [-0.4, -0.2) is 24.4 Å². The molecule has 3 nitrogen and oxygen atoms in total. The number of nitrogen functional groups attached to an aromatic ring is 1. The van der Waals surface area contributed by atoms with E-state index in [0.717, 1.165) is 6.54 Å². The van der Waals surface area contributed by atoms with Crippen LogP contribution >= 0.6 is 0 Å². The van der Waals surface area contributed by atoms with Crippen LogP contribution in [0.3, 0.4) is 0 Å². The number of nitrogens with two attached hydrogens (primary N) is 1. The van der Waals surface area contributed by atoms with E-state index in [0.29, 0.717) is 11.5 Å². The first kappa shape index (κ1) is 12.9. The molecule has 0 atom stereocenters. The van der Waals surface area contributed by atoms with Crippen LogP contribution in [0.1, 0.15) is 36.0 Å². The van der Waals surface area contributed by atoms with Gasteiger partial charge in [0.05, 0.1) is 0 Å². The van der Waals surface area contributed by atoms with Crippen molar-refractivity contribution in [3.8, 4) is 0 Å². The van der Waals surface area contributed by atoms with Gasteiger partial charge in [-0.3, -0.25) is 4.79 Å². The number of benzene rings is 1. The molecular formula is C14H19FN2O. The third kappa shape index (κ3) is 3.00. The first-order valence-corrected chi connectivity index (χ1v) is 6.38. The lowest BCUT2D eigenvalue weighted by atomic mass is 10.1. The van der Waals surface area contributed by atoms with Crippen molar-refractivity contribution in [3.05, 3.63) is 29.6 Å². The average Bonchev–Trinajstić information content (AvgIpc) is 2.79. The summed E-state index contributed by atoms with van der Waals surface area (Å²) in [6.07, 6.45) is 4.87. The van der Waals surface area contributed by atoms with Gasteiger partial charge in [-0.1, -0.05) is 12.8 Å². The van der Waals surface area contributed by atoms with Crippen molar-refractivity contribution in [2.24, 2.45) is 5.92 Å². The first-order valence-electron chi connectivity index (χ1n) is 6.38. The van der Waals surface area contributed by atoms with Crippen molar-refractivity contribution in [3.63, 3.8) is 0 Å². The van der Waals surface area contributed by atoms with Crippen molar-refractivity contribution in [1.82, 2.24) is 4.90 Å². The molecule has 0 bridgehead atoms. The standard InChI is InChI=1S/C14H19FN2O/c1-17(9-10-4-2-3-5-10)14(18)11-6-12(15)8-13(16)7-11/h6-8,10H,2-5,9,16H2,1H3. The summed E-state index contributed by atoms with van der Waals surface area (Å²) in [5, 5.41) is 0. The van der Waals surface area contributed by atoms with Gasteiger partial charge in [0.15, 0.2) is 0 Å². The molecule has 0 spiro atoms. The van der Waals surface area contributed by atoms with Crippen LogP contribution in [-0.2, 0) is 0 Å². The van der Waals surface area contributed by atoms with E-state index in [2.05, 4.69) is 0 Å². The van der Waals surface area contributed by atoms with Gasteiger partial charge in [-0.25, -0.2) is 4.39 Å². The Balaban J connectivity index is 2.04. The molecule has 0 aliphatic heterocycles. The molecule has 1 fully saturated rings. The van der Waals surface area contributed by atoms with Gasteiger partial charge in [0.1, 0.15) is 5.82 Å². The highest BCUT2D eigenvalue weighted by atomic mass is 19.1. The zero-order chi connectivity index (χ0) is 13.1. The molecule has 0 aromatic heterocycles. The Morgan fingerprint density at radius 2 is 2.06 bits per heavy atom. The Morgan fingerprint density at radius 1 is 1.39 bits per heavy atom. The molecule has 1 saturated carbocycles. The lowest BCUT2D eigenvalue weighted by molar-refractivity contribution is 0.0773. The van der Waals surface area contributed by atoms with Crippen LogP contribution in [0.4, 0.5) is 10.1 Å². The summed E-state index contributed by atoms with van der Waals surface area (Å²) < 4.78 is 13.2. The largest absolute Gasteiger partial charge is 0.399 e. The summed E-state index contributed by atoms with van der Waals surface area (Å²) in [7, 11) is 1.77. The third-order valence-electron chi connectivity index (χ3n) is 3.52. The molecule has 0 unspecified atom stereocenters. The van der Waals surface area contributed by atoms with Crippen LogP contribution in [0.25, 0.3) is 0 Å². The first-order chi connectivity index (χ1) is 8.56. The van der Waals surface area contributed by atoms with Crippen LogP contribution in [0, 0.1) is 11.7 Å². The summed E-state index contributed by atoms with van der Waals surface area (Å²) >= 11 is 0. The smallest absolute Gasteiger partial charge is 0.253 e. The molecule has 1 amide bonds. The summed E-state index contributed by atoms with van der Waals surface area (Å²) in [6, 6.07) is 3.98. The topological polar surface area (TPSA) is 46.3 Å². The van der Waals surface area contributed by atoms with Crippen LogP contribution in [0.5, 0.6) is 0 Å². The molecule has 0 radical (unpaired) electrons. The minimum Gasteiger partial charge on any atom is -0.399 e. The number of hydrogen-bond donors (Lipinski definition) is 1. The average molecular weight is 250 g/mol. The molecule has 2 N–H and O–H groups in total. The zero-order valence-corrected chi connectivity index (χ0v) is 10.7. The summed E-state index contributed by atoms with van der Waals surface area (Å²) in [5.74, 6) is -0.0365. The van der Waals surface area contributed by atoms with Gasteiger partial charge in [0.2, 0.25) is 0 Å². The van der Waals surface area contributed by atoms with Crippen molar-refractivity contribution in [1.29, 1.82) is 0 Å². The van der Waals surface area contributed by atoms with Crippen molar-refractivity contribution in [2.75, 3.05) is 19.3 Å². The fourth-order valence-corrected chi connectivity index (χ4v) is 2.62. The Kier molecular flexibility index (Phi) is 3.84. The van der Waals surface area contributed by atoms with Crippen LogP contribution < -0.4 is 5.73 Å². The third-order valence-corrected chi connectivity index (χ3v) is 3.52. The number of anilines is 1. The molecule has 1 aromatic rings. The van der Waals surface area contributed by atoms with E-state index in [1.165, 1.54) is 43.9 Å². The maximum atomic E-state index is 13.2. The second-order valence-corrected chi connectivity index (χ2v) is 5.11. The highest BCUT2D eigenvalue weighted by Crippen LogP contribution is 2.25. The number of carbonyl (C=O) groups is 1. The van der Waals surface area contributed by atoms with E-state index in [1.54, 1.807) is 11.9 Å². The Labute approximate surface area is 107 Å². The van der Waals surface area contributed by atoms with E-state index in [1.807, 2.05) is 0 Å². The molecule has 0 heterocycles. The summed E-state index contributed by atoms with van der Waals surface area (Å²) in [5.41, 5.74) is 6.16. The molecule has 2 rings (SSSR count). The molecular weight excluding hydrogens is 231 g/mol. The molecule has 1 aliphatic rings. The lowest BCUT2D eigenvalue weighted by Crippen LogP contribution is -2.31. The SMILES string of the molecule is CN(CC1CCCC1)C(=O)c1cc(N)cc(F)c1. The van der Waals surface area contributed by atoms with Crippen molar-refractivity contribution < 1.29 is 9.18 Å². The maximum Gasteiger partial charge on any atom is 0.253 e. The molecule has 18 heavy (non-hydrogen) atoms. The van der Waals surface area contributed by atoms with Crippen LogP contribution in [0.15, 0.2) is 18.2 Å². The minimum atomic E-state index is -0.465. The van der Waals surface area contributed by atoms with Crippen molar-refractivity contribution in [2.45, 2.75) is 25.7 Å². The van der Waals surface area contributed by atoms with Gasteiger partial charge < -0.3 is 10.6 Å². The zero-order valence-electron chi connectivity index (χ0n) is 10.7. The Morgan fingerprint density at radius 3 is 2.67 bits per heavy atom. The van der Waals surface area contributed by atoms with Gasteiger partial charge in [0.25, 0.3) is 5.91 Å². The van der Waals surface area contributed by atoms with Crippen molar-refractivity contribution >= 4 is 11.6 Å². The van der Waals surface area contributed by atoms with E-state index < -0.39 is 5.82 Å². The van der Waals surface area contributed by atoms with Gasteiger partial charge in [-0.05, 0) is 37.0 Å². The Bertz CT molecular complexity index is 421. The highest BCUT2D eigenvalue weighted by Gasteiger charge is 2.20. The normalized spacial score (nSPS) is 15.9. The number of halogens is 1. The number of nitrogens with zero attached hydrogens (tertiary/aromatic N) is 1. The van der Waals surface area contributed by atoms with Gasteiger partial charge in [0, 0.05) is 24.8 Å². The quantitative estimate of drug-likeness (QED) is 0.838. The second-order valence-electron chi connectivity index (χ2n) is 5.11. The fourth-order valence-electron chi connectivity index (χ4n) is 2.62. The second kappa shape index (κ2) is 5.38. The van der Waals surface area contributed by atoms with E-state index in [-0.39, 0.29) is 11.6 Å². The van der Waals surface area contributed by atoms with Gasteiger partial charge in [-0.2, -0.15) is 0 Å². The minimum absolute atomic E-state index is 0.159. The van der Waals surface area contributed by atoms with E-state index in [9.17, 15) is 9.18 Å². The summed E-state index contributed by atoms with van der Waals surface area (Å²) in [6.45, 7) is 0.745. The predicted octanol–water partition coefficient (Wildman–Crippen LogP) is 2.67. The van der Waals surface area contributed by atoms with Crippen LogP contribution in [0.2, 0.25) is 0 Å². The number of rotatable bonds is 3. The molecule has 1 aliphatic carbocycles. The highest BCUT2D eigenvalue weighted by molar-refractivity contribution is 5.94. The van der Waals surface area contributed by atoms with E-state index in [4.69, 9.17) is 5.73 Å². The predicted molar refractivity (Wildman–Crippen MR) is 69.7 cm³/mol. The number of carbonyl (C=O) groups excluding carboxylic acids is 1. The monoisotopic (exact) mass is 250 g/mol. The van der Waals surface area contributed by atoms with E-state index >= 15 is 0 Å². The molecule has 98 valence electrons. The molecule has 0 saturated heterocycles. The fraction of sp³-hybridized carbons (Fsp3) is 0.500. The number of amides is 1. The number of hydrogen-bond acceptors (Lipinski definition) is 2.